The van der Waals surface area contributed by atoms with Crippen LogP contribution in [0, 0.1) is 5.92 Å². The fourth-order valence-corrected chi connectivity index (χ4v) is 6.85. The fraction of sp³-hybridized carbons (Fsp3) is 0.462. The van der Waals surface area contributed by atoms with Gasteiger partial charge in [-0.25, -0.2) is 9.55 Å². The summed E-state index contributed by atoms with van der Waals surface area (Å²) in [6.45, 7) is 4.88. The molecule has 0 saturated carbocycles. The van der Waals surface area contributed by atoms with E-state index in [0.717, 1.165) is 0 Å². The van der Waals surface area contributed by atoms with Crippen molar-refractivity contribution in [3.8, 4) is 23.1 Å². The van der Waals surface area contributed by atoms with E-state index in [-0.39, 0.29) is 36.1 Å². The number of aromatic nitrogens is 4. The average molecular weight is 591 g/mol. The lowest BCUT2D eigenvalue weighted by atomic mass is 10.1. The number of hydrogen-bond acceptors (Lipinski definition) is 11. The average Bonchev–Trinajstić information content (AvgIpc) is 3.57. The molecular formula is C26H35N6O8P. The summed E-state index contributed by atoms with van der Waals surface area (Å²) in [5.74, 6) is -0.0489. The number of carbonyl (C=O) groups is 1. The maximum Gasteiger partial charge on any atom is 0.462 e. The second-order valence-corrected chi connectivity index (χ2v) is 11.6. The molecular weight excluding hydrogens is 555 g/mol. The Hall–Kier alpha value is -3.87. The standard InChI is InChI=1S/C26H35N6O8P/c1-15(2)32(16(3)25(33)34)41(35,40-21-11-19(36-4)10-20(12-21)37-5)39-13-17-7-8-18(9-17)31-14-28-22-23(31)29-26(27)30-24(22)38-6/h7-8,10-12,14-18H,9,13H2,1-6H3,(H,33,34)(H2,27,29,30)/t16-,17+,18-,41?/m0/s1. The normalized spacial score (nSPS) is 18.9. The molecule has 15 heteroatoms. The van der Waals surface area contributed by atoms with Crippen molar-refractivity contribution in [3.05, 3.63) is 36.7 Å². The third-order valence-corrected chi connectivity index (χ3v) is 8.96. The van der Waals surface area contributed by atoms with E-state index >= 15 is 0 Å². The molecule has 1 aromatic carbocycles. The van der Waals surface area contributed by atoms with Gasteiger partial charge in [0.1, 0.15) is 23.3 Å². The zero-order chi connectivity index (χ0) is 29.9. The molecule has 1 aliphatic rings. The number of carboxylic acid groups (broad SMARTS) is 1. The van der Waals surface area contributed by atoms with Crippen LogP contribution in [0.1, 0.15) is 33.2 Å². The molecule has 3 N–H and O–H groups in total. The summed E-state index contributed by atoms with van der Waals surface area (Å²) in [5, 5.41) is 9.80. The highest BCUT2D eigenvalue weighted by molar-refractivity contribution is 7.51. The first kappa shape index (κ1) is 30.1. The molecule has 0 bridgehead atoms. The lowest BCUT2D eigenvalue weighted by Gasteiger charge is -2.35. The van der Waals surface area contributed by atoms with Crippen molar-refractivity contribution < 1.29 is 37.7 Å². The minimum Gasteiger partial charge on any atom is -0.496 e. The number of nitrogens with zero attached hydrogens (tertiary/aromatic N) is 5. The Balaban J connectivity index is 1.59. The van der Waals surface area contributed by atoms with Gasteiger partial charge in [-0.05, 0) is 27.2 Å². The number of anilines is 1. The van der Waals surface area contributed by atoms with Gasteiger partial charge in [0.05, 0.1) is 40.3 Å². The van der Waals surface area contributed by atoms with E-state index in [0.29, 0.717) is 29.1 Å². The maximum absolute atomic E-state index is 14.5. The summed E-state index contributed by atoms with van der Waals surface area (Å²) in [6.07, 6.45) is 6.12. The summed E-state index contributed by atoms with van der Waals surface area (Å²) < 4.78 is 45.5. The first-order chi connectivity index (χ1) is 19.5. The first-order valence-corrected chi connectivity index (χ1v) is 14.4. The van der Waals surface area contributed by atoms with Crippen molar-refractivity contribution in [1.82, 2.24) is 24.2 Å². The number of nitrogen functional groups attached to an aromatic ring is 1. The quantitative estimate of drug-likeness (QED) is 0.217. The Bertz CT molecular complexity index is 1460. The molecule has 0 aliphatic heterocycles. The number of nitrogens with two attached hydrogens (primary N) is 1. The van der Waals surface area contributed by atoms with Crippen LogP contribution in [-0.4, -0.2) is 75.3 Å². The number of benzene rings is 1. The van der Waals surface area contributed by atoms with Gasteiger partial charge in [-0.1, -0.05) is 12.2 Å². The summed E-state index contributed by atoms with van der Waals surface area (Å²) in [5.41, 5.74) is 6.86. The Morgan fingerprint density at radius 1 is 1.10 bits per heavy atom. The molecule has 2 heterocycles. The number of methoxy groups -OCH3 is 3. The molecule has 2 aromatic heterocycles. The molecule has 0 spiro atoms. The third kappa shape index (κ3) is 6.39. The van der Waals surface area contributed by atoms with Crippen LogP contribution in [0.5, 0.6) is 23.1 Å². The largest absolute Gasteiger partial charge is 0.496 e. The maximum atomic E-state index is 14.5. The molecule has 0 radical (unpaired) electrons. The van der Waals surface area contributed by atoms with Gasteiger partial charge in [0.15, 0.2) is 11.2 Å². The van der Waals surface area contributed by atoms with E-state index in [1.54, 1.807) is 26.2 Å². The highest BCUT2D eigenvalue weighted by Crippen LogP contribution is 2.55. The summed E-state index contributed by atoms with van der Waals surface area (Å²) in [6, 6.07) is 2.88. The van der Waals surface area contributed by atoms with Crippen molar-refractivity contribution in [3.63, 3.8) is 0 Å². The van der Waals surface area contributed by atoms with Crippen LogP contribution in [-0.2, 0) is 13.9 Å². The molecule has 4 atom stereocenters. The topological polar surface area (TPSA) is 173 Å². The number of hydrogen-bond donors (Lipinski definition) is 2. The highest BCUT2D eigenvalue weighted by Gasteiger charge is 2.44. The van der Waals surface area contributed by atoms with Crippen molar-refractivity contribution >= 4 is 30.8 Å². The number of fused-ring (bicyclic) bond motifs is 1. The number of rotatable bonds is 13. The van der Waals surface area contributed by atoms with E-state index in [4.69, 9.17) is 29.0 Å². The summed E-state index contributed by atoms with van der Waals surface area (Å²) in [7, 11) is 0.204. The van der Waals surface area contributed by atoms with Crippen LogP contribution < -0.4 is 24.5 Å². The van der Waals surface area contributed by atoms with Gasteiger partial charge >= 0.3 is 13.7 Å². The number of imidazole rings is 1. The molecule has 0 saturated heterocycles. The molecule has 0 amide bonds. The number of aliphatic carboxylic acids is 1. The molecule has 0 fully saturated rings. The Kier molecular flexibility index (Phi) is 9.05. The van der Waals surface area contributed by atoms with Crippen LogP contribution in [0.25, 0.3) is 11.2 Å². The second kappa shape index (κ2) is 12.3. The van der Waals surface area contributed by atoms with Gasteiger partial charge in [0.25, 0.3) is 0 Å². The van der Waals surface area contributed by atoms with Gasteiger partial charge in [-0.3, -0.25) is 9.32 Å². The summed E-state index contributed by atoms with van der Waals surface area (Å²) >= 11 is 0. The minimum absolute atomic E-state index is 0.00594. The van der Waals surface area contributed by atoms with Crippen molar-refractivity contribution in [1.29, 1.82) is 0 Å². The third-order valence-electron chi connectivity index (χ3n) is 6.67. The molecule has 1 aliphatic carbocycles. The van der Waals surface area contributed by atoms with E-state index in [1.807, 2.05) is 16.7 Å². The van der Waals surface area contributed by atoms with Gasteiger partial charge in [-0.2, -0.15) is 14.6 Å². The van der Waals surface area contributed by atoms with Crippen molar-refractivity contribution in [2.45, 2.75) is 45.3 Å². The predicted octanol–water partition coefficient (Wildman–Crippen LogP) is 3.94. The van der Waals surface area contributed by atoms with Crippen LogP contribution in [0.15, 0.2) is 36.7 Å². The molecule has 4 rings (SSSR count). The van der Waals surface area contributed by atoms with Crippen molar-refractivity contribution in [2.75, 3.05) is 33.7 Å². The van der Waals surface area contributed by atoms with Crippen LogP contribution in [0.2, 0.25) is 0 Å². The lowest BCUT2D eigenvalue weighted by Crippen LogP contribution is -2.42. The first-order valence-electron chi connectivity index (χ1n) is 12.9. The smallest absolute Gasteiger partial charge is 0.462 e. The zero-order valence-electron chi connectivity index (χ0n) is 23.8. The predicted molar refractivity (Wildman–Crippen MR) is 150 cm³/mol. The van der Waals surface area contributed by atoms with E-state index in [2.05, 4.69) is 15.0 Å². The monoisotopic (exact) mass is 590 g/mol. The molecule has 14 nitrogen and oxygen atoms in total. The number of carboxylic acids is 1. The van der Waals surface area contributed by atoms with Crippen LogP contribution in [0.3, 0.4) is 0 Å². The Morgan fingerprint density at radius 3 is 2.34 bits per heavy atom. The minimum atomic E-state index is -4.23. The van der Waals surface area contributed by atoms with Gasteiger partial charge in [0.2, 0.25) is 11.8 Å². The highest BCUT2D eigenvalue weighted by atomic mass is 31.2. The molecule has 3 aromatic rings. The molecule has 1 unspecified atom stereocenters. The van der Waals surface area contributed by atoms with Gasteiger partial charge in [-0.15, -0.1) is 0 Å². The van der Waals surface area contributed by atoms with E-state index in [9.17, 15) is 14.5 Å². The van der Waals surface area contributed by atoms with E-state index in [1.165, 1.54) is 45.1 Å². The number of allylic oxidation sites excluding steroid dienone is 1. The molecule has 222 valence electrons. The lowest BCUT2D eigenvalue weighted by molar-refractivity contribution is -0.141. The van der Waals surface area contributed by atoms with Crippen molar-refractivity contribution in [2.24, 2.45) is 5.92 Å². The SMILES string of the molecule is COc1cc(OC)cc(OP(=O)(OC[C@@H]2C=C[C@H](n3cnc4c(OC)nc(N)nc43)C2)N(C(C)C)[C@@H](C)C(=O)O)c1. The van der Waals surface area contributed by atoms with E-state index < -0.39 is 25.8 Å². The number of ether oxygens (including phenoxy) is 3. The Labute approximate surface area is 237 Å². The second-order valence-electron chi connectivity index (χ2n) is 9.76. The van der Waals surface area contributed by atoms with Crippen LogP contribution in [0.4, 0.5) is 5.95 Å². The summed E-state index contributed by atoms with van der Waals surface area (Å²) in [4.78, 5) is 24.8. The molecule has 41 heavy (non-hydrogen) atoms. The Morgan fingerprint density at radius 2 is 1.76 bits per heavy atom. The van der Waals surface area contributed by atoms with Crippen LogP contribution >= 0.6 is 7.75 Å². The fourth-order valence-electron chi connectivity index (χ4n) is 4.73. The zero-order valence-corrected chi connectivity index (χ0v) is 24.6. The van der Waals surface area contributed by atoms with Gasteiger partial charge < -0.3 is 34.1 Å². The van der Waals surface area contributed by atoms with Gasteiger partial charge in [0, 0.05) is 30.2 Å².